The van der Waals surface area contributed by atoms with Crippen LogP contribution in [0.3, 0.4) is 0 Å². The zero-order chi connectivity index (χ0) is 19.1. The molecule has 7 nitrogen and oxygen atoms in total. The van der Waals surface area contributed by atoms with Crippen molar-refractivity contribution in [1.82, 2.24) is 0 Å². The number of rotatable bonds is 6. The molecular weight excluding hydrogens is 336 g/mol. The Morgan fingerprint density at radius 3 is 2.50 bits per heavy atom. The Morgan fingerprint density at radius 2 is 1.88 bits per heavy atom. The van der Waals surface area contributed by atoms with Gasteiger partial charge in [0.15, 0.2) is 0 Å². The number of hydrogen-bond donors (Lipinski definition) is 1. The van der Waals surface area contributed by atoms with E-state index in [2.05, 4.69) is 5.32 Å². The van der Waals surface area contributed by atoms with Gasteiger partial charge in [-0.25, -0.2) is 4.79 Å². The van der Waals surface area contributed by atoms with Gasteiger partial charge < -0.3 is 10.1 Å². The molecule has 0 aliphatic rings. The molecule has 0 unspecified atom stereocenters. The normalized spacial score (nSPS) is 11.8. The fourth-order valence-electron chi connectivity index (χ4n) is 2.29. The maximum Gasteiger partial charge on any atom is 0.331 e. The molecule has 0 fully saturated rings. The molecule has 134 valence electrons. The van der Waals surface area contributed by atoms with Crippen molar-refractivity contribution in [2.24, 2.45) is 0 Å². The van der Waals surface area contributed by atoms with Crippen molar-refractivity contribution < 1.29 is 19.2 Å². The van der Waals surface area contributed by atoms with Crippen molar-refractivity contribution in [2.75, 3.05) is 5.32 Å². The van der Waals surface area contributed by atoms with E-state index >= 15 is 0 Å². The van der Waals surface area contributed by atoms with Crippen LogP contribution in [0.25, 0.3) is 0 Å². The molecule has 0 spiro atoms. The molecule has 1 amide bonds. The minimum Gasteiger partial charge on any atom is -0.444 e. The lowest BCUT2D eigenvalue weighted by Crippen LogP contribution is -2.25. The van der Waals surface area contributed by atoms with Gasteiger partial charge >= 0.3 is 5.97 Å². The molecule has 26 heavy (non-hydrogen) atoms. The molecule has 0 aliphatic heterocycles. The van der Waals surface area contributed by atoms with E-state index in [0.717, 1.165) is 0 Å². The molecule has 2 aromatic rings. The molecule has 2 aromatic carbocycles. The van der Waals surface area contributed by atoms with Gasteiger partial charge in [0.2, 0.25) is 6.10 Å². The number of benzene rings is 2. The first-order valence-corrected chi connectivity index (χ1v) is 7.86. The van der Waals surface area contributed by atoms with Crippen LogP contribution in [0.4, 0.5) is 11.4 Å². The number of ether oxygens (including phenoxy) is 1. The van der Waals surface area contributed by atoms with E-state index in [1.54, 1.807) is 50.2 Å². The maximum atomic E-state index is 12.7. The largest absolute Gasteiger partial charge is 0.444 e. The highest BCUT2D eigenvalue weighted by molar-refractivity contribution is 5.98. The van der Waals surface area contributed by atoms with Gasteiger partial charge in [-0.1, -0.05) is 42.5 Å². The number of nitrogens with one attached hydrogen (secondary N) is 1. The fraction of sp³-hybridized carbons (Fsp3) is 0.158. The van der Waals surface area contributed by atoms with Crippen molar-refractivity contribution in [3.05, 3.63) is 81.9 Å². The molecular formula is C19H18N2O5. The Bertz CT molecular complexity index is 846. The Morgan fingerprint density at radius 1 is 1.19 bits per heavy atom. The van der Waals surface area contributed by atoms with Crippen molar-refractivity contribution in [1.29, 1.82) is 0 Å². The summed E-state index contributed by atoms with van der Waals surface area (Å²) in [5, 5.41) is 13.7. The molecule has 1 N–H and O–H groups in total. The van der Waals surface area contributed by atoms with Crippen LogP contribution in [-0.4, -0.2) is 16.8 Å². The molecule has 0 radical (unpaired) electrons. The second-order valence-electron chi connectivity index (χ2n) is 5.49. The Kier molecular flexibility index (Phi) is 6.21. The highest BCUT2D eigenvalue weighted by Crippen LogP contribution is 2.27. The SMILES string of the molecule is C/C=C/C(=O)O[C@H](C(=O)Nc1ccc(C)cc1[N+](=O)[O-])c1ccccc1. The lowest BCUT2D eigenvalue weighted by Gasteiger charge is -2.17. The van der Waals surface area contributed by atoms with E-state index in [1.807, 2.05) is 0 Å². The predicted octanol–water partition coefficient (Wildman–Crippen LogP) is 3.70. The summed E-state index contributed by atoms with van der Waals surface area (Å²) in [7, 11) is 0. The van der Waals surface area contributed by atoms with Crippen LogP contribution >= 0.6 is 0 Å². The number of nitro benzene ring substituents is 1. The van der Waals surface area contributed by atoms with E-state index in [4.69, 9.17) is 4.74 Å². The van der Waals surface area contributed by atoms with Gasteiger partial charge in [0.05, 0.1) is 4.92 Å². The number of nitrogens with zero attached hydrogens (tertiary/aromatic N) is 1. The van der Waals surface area contributed by atoms with E-state index in [0.29, 0.717) is 11.1 Å². The van der Waals surface area contributed by atoms with Gasteiger partial charge in [-0.2, -0.15) is 0 Å². The summed E-state index contributed by atoms with van der Waals surface area (Å²) in [6, 6.07) is 12.9. The van der Waals surface area contributed by atoms with E-state index in [9.17, 15) is 19.7 Å². The highest BCUT2D eigenvalue weighted by Gasteiger charge is 2.26. The average Bonchev–Trinajstić information content (AvgIpc) is 2.62. The molecule has 0 saturated carbocycles. The van der Waals surface area contributed by atoms with Gasteiger partial charge in [-0.3, -0.25) is 14.9 Å². The number of esters is 1. The standard InChI is InChI=1S/C19H18N2O5/c1-3-7-17(22)26-18(14-8-5-4-6-9-14)19(23)20-15-11-10-13(2)12-16(15)21(24)25/h3-12,18H,1-2H3,(H,20,23)/b7-3+/t18-/m0/s1. The summed E-state index contributed by atoms with van der Waals surface area (Å²) in [5.41, 5.74) is 0.949. The van der Waals surface area contributed by atoms with Crippen LogP contribution in [0, 0.1) is 17.0 Å². The Hall–Kier alpha value is -3.48. The molecule has 0 heterocycles. The molecule has 0 aliphatic carbocycles. The third kappa shape index (κ3) is 4.76. The van der Waals surface area contributed by atoms with Gasteiger partial charge in [0.1, 0.15) is 5.69 Å². The minimum absolute atomic E-state index is 0.0358. The van der Waals surface area contributed by atoms with Crippen LogP contribution in [-0.2, 0) is 14.3 Å². The van der Waals surface area contributed by atoms with Crippen molar-refractivity contribution in [3.63, 3.8) is 0 Å². The van der Waals surface area contributed by atoms with E-state index in [-0.39, 0.29) is 11.4 Å². The summed E-state index contributed by atoms with van der Waals surface area (Å²) < 4.78 is 5.23. The van der Waals surface area contributed by atoms with Gasteiger partial charge in [0, 0.05) is 17.7 Å². The monoisotopic (exact) mass is 354 g/mol. The first-order chi connectivity index (χ1) is 12.4. The number of aryl methyl sites for hydroxylation is 1. The summed E-state index contributed by atoms with van der Waals surface area (Å²) in [6.07, 6.45) is 1.45. The van der Waals surface area contributed by atoms with Crippen LogP contribution in [0.2, 0.25) is 0 Å². The summed E-state index contributed by atoms with van der Waals surface area (Å²) in [5.74, 6) is -1.36. The Balaban J connectivity index is 2.33. The topological polar surface area (TPSA) is 98.5 Å². The molecule has 7 heteroatoms. The molecule has 1 atom stereocenters. The first-order valence-electron chi connectivity index (χ1n) is 7.86. The summed E-state index contributed by atoms with van der Waals surface area (Å²) in [4.78, 5) is 35.1. The van der Waals surface area contributed by atoms with Crippen molar-refractivity contribution in [3.8, 4) is 0 Å². The number of allylic oxidation sites excluding steroid dienone is 1. The average molecular weight is 354 g/mol. The lowest BCUT2D eigenvalue weighted by atomic mass is 10.1. The summed E-state index contributed by atoms with van der Waals surface area (Å²) >= 11 is 0. The van der Waals surface area contributed by atoms with E-state index < -0.39 is 22.9 Å². The number of carbonyl (C=O) groups excluding carboxylic acids is 2. The van der Waals surface area contributed by atoms with Crippen LogP contribution in [0.1, 0.15) is 24.2 Å². The number of hydrogen-bond acceptors (Lipinski definition) is 5. The smallest absolute Gasteiger partial charge is 0.331 e. The van der Waals surface area contributed by atoms with Crippen LogP contribution in [0.5, 0.6) is 0 Å². The van der Waals surface area contributed by atoms with Crippen molar-refractivity contribution in [2.45, 2.75) is 20.0 Å². The summed E-state index contributed by atoms with van der Waals surface area (Å²) in [6.45, 7) is 3.36. The Labute approximate surface area is 150 Å². The van der Waals surface area contributed by atoms with Gasteiger partial charge in [0.25, 0.3) is 11.6 Å². The first kappa shape index (κ1) is 18.9. The zero-order valence-corrected chi connectivity index (χ0v) is 14.3. The second kappa shape index (κ2) is 8.57. The fourth-order valence-corrected chi connectivity index (χ4v) is 2.29. The third-order valence-corrected chi connectivity index (χ3v) is 3.49. The predicted molar refractivity (Wildman–Crippen MR) is 96.6 cm³/mol. The molecule has 0 saturated heterocycles. The number of anilines is 1. The number of carbonyl (C=O) groups is 2. The molecule has 0 aromatic heterocycles. The van der Waals surface area contributed by atoms with Crippen molar-refractivity contribution >= 4 is 23.3 Å². The van der Waals surface area contributed by atoms with Crippen LogP contribution in [0.15, 0.2) is 60.7 Å². The molecule has 2 rings (SSSR count). The van der Waals surface area contributed by atoms with Gasteiger partial charge in [-0.05, 0) is 25.5 Å². The second-order valence-corrected chi connectivity index (χ2v) is 5.49. The quantitative estimate of drug-likeness (QED) is 0.369. The minimum atomic E-state index is -1.24. The number of amides is 1. The van der Waals surface area contributed by atoms with Crippen LogP contribution < -0.4 is 5.32 Å². The van der Waals surface area contributed by atoms with Gasteiger partial charge in [-0.15, -0.1) is 0 Å². The third-order valence-electron chi connectivity index (χ3n) is 3.49. The lowest BCUT2D eigenvalue weighted by molar-refractivity contribution is -0.384. The zero-order valence-electron chi connectivity index (χ0n) is 14.3. The molecule has 0 bridgehead atoms. The van der Waals surface area contributed by atoms with E-state index in [1.165, 1.54) is 24.3 Å². The maximum absolute atomic E-state index is 12.7. The highest BCUT2D eigenvalue weighted by atomic mass is 16.6. The number of nitro groups is 1.